The molecule has 0 saturated carbocycles. The van der Waals surface area contributed by atoms with Crippen molar-refractivity contribution in [2.24, 2.45) is 0 Å². The number of benzene rings is 3. The Labute approximate surface area is 251 Å². The summed E-state index contributed by atoms with van der Waals surface area (Å²) < 4.78 is 0. The molecule has 0 bridgehead atoms. The lowest BCUT2D eigenvalue weighted by Gasteiger charge is -2.36. The number of piperidine rings is 1. The number of piperazine rings is 1. The zero-order chi connectivity index (χ0) is 28.9. The Morgan fingerprint density at radius 2 is 1.57 bits per heavy atom. The molecule has 0 unspecified atom stereocenters. The summed E-state index contributed by atoms with van der Waals surface area (Å²) in [6.45, 7) is 4.99. The van der Waals surface area contributed by atoms with Gasteiger partial charge in [-0.3, -0.25) is 19.5 Å². The summed E-state index contributed by atoms with van der Waals surface area (Å²) in [6, 6.07) is 23.3. The van der Waals surface area contributed by atoms with Crippen molar-refractivity contribution in [3.63, 3.8) is 0 Å². The van der Waals surface area contributed by atoms with Crippen LogP contribution >= 0.6 is 11.6 Å². The summed E-state index contributed by atoms with van der Waals surface area (Å²) in [7, 11) is 0. The molecule has 9 heteroatoms. The van der Waals surface area contributed by atoms with Crippen molar-refractivity contribution in [2.45, 2.75) is 19.3 Å². The van der Waals surface area contributed by atoms with E-state index in [1.54, 1.807) is 12.3 Å². The number of pyridine rings is 1. The Morgan fingerprint density at radius 3 is 2.36 bits per heavy atom. The standard InChI is InChI=1S/C33H35ClN6O2/c34-25-9-10-29-30(11-12-35-31(29)21-25)36-26-19-24(20-27(22-26)37-32(41)23-38-13-5-2-6-14-38)33(42)40-17-15-39(16-18-40)28-7-3-1-4-8-28/h1,3-4,7-12,19-22H,2,5-6,13-18,23H2,(H,35,36)(H,37,41). The highest BCUT2D eigenvalue weighted by atomic mass is 35.5. The largest absolute Gasteiger partial charge is 0.368 e. The number of hydrogen-bond donors (Lipinski definition) is 2. The van der Waals surface area contributed by atoms with E-state index in [4.69, 9.17) is 11.6 Å². The number of likely N-dealkylation sites (tertiary alicyclic amines) is 1. The van der Waals surface area contributed by atoms with Gasteiger partial charge in [0.25, 0.3) is 5.91 Å². The van der Waals surface area contributed by atoms with E-state index < -0.39 is 0 Å². The smallest absolute Gasteiger partial charge is 0.254 e. The van der Waals surface area contributed by atoms with Gasteiger partial charge in [-0.1, -0.05) is 36.2 Å². The van der Waals surface area contributed by atoms with Crippen LogP contribution in [0.5, 0.6) is 0 Å². The zero-order valence-corrected chi connectivity index (χ0v) is 24.3. The molecule has 2 fully saturated rings. The van der Waals surface area contributed by atoms with Gasteiger partial charge in [-0.15, -0.1) is 0 Å². The van der Waals surface area contributed by atoms with E-state index in [-0.39, 0.29) is 11.8 Å². The van der Waals surface area contributed by atoms with Gasteiger partial charge in [0, 0.05) is 71.1 Å². The lowest BCUT2D eigenvalue weighted by molar-refractivity contribution is -0.117. The maximum Gasteiger partial charge on any atom is 0.254 e. The molecule has 0 aliphatic carbocycles. The van der Waals surface area contributed by atoms with E-state index in [1.165, 1.54) is 12.1 Å². The number of nitrogens with one attached hydrogen (secondary N) is 2. The lowest BCUT2D eigenvalue weighted by Crippen LogP contribution is -2.48. The Morgan fingerprint density at radius 1 is 0.810 bits per heavy atom. The maximum atomic E-state index is 13.8. The molecular formula is C33H35ClN6O2. The van der Waals surface area contributed by atoms with E-state index in [2.05, 4.69) is 37.6 Å². The SMILES string of the molecule is O=C(CN1CCCCC1)Nc1cc(Nc2ccnc3cc(Cl)ccc23)cc(C(=O)N2CCN(c3ccccc3)CC2)c1. The first-order valence-electron chi connectivity index (χ1n) is 14.6. The van der Waals surface area contributed by atoms with Crippen LogP contribution in [0.15, 0.2) is 79.0 Å². The third kappa shape index (κ3) is 6.66. The Hall–Kier alpha value is -4.14. The van der Waals surface area contributed by atoms with Gasteiger partial charge < -0.3 is 20.4 Å². The number of carbonyl (C=O) groups excluding carboxylic acids is 2. The first kappa shape index (κ1) is 28.0. The predicted molar refractivity (Wildman–Crippen MR) is 170 cm³/mol. The summed E-state index contributed by atoms with van der Waals surface area (Å²) in [4.78, 5) is 37.6. The monoisotopic (exact) mass is 582 g/mol. The number of para-hydroxylation sites is 1. The molecule has 3 aromatic carbocycles. The minimum Gasteiger partial charge on any atom is -0.368 e. The van der Waals surface area contributed by atoms with Gasteiger partial charge in [0.15, 0.2) is 0 Å². The van der Waals surface area contributed by atoms with Crippen molar-refractivity contribution in [3.05, 3.63) is 89.6 Å². The van der Waals surface area contributed by atoms with Crippen LogP contribution in [0, 0.1) is 0 Å². The van der Waals surface area contributed by atoms with Crippen molar-refractivity contribution in [1.29, 1.82) is 0 Å². The summed E-state index contributed by atoms with van der Waals surface area (Å²) in [5, 5.41) is 8.05. The minimum atomic E-state index is -0.0760. The fourth-order valence-electron chi connectivity index (χ4n) is 5.79. The molecule has 0 spiro atoms. The molecule has 2 aliphatic rings. The molecule has 0 atom stereocenters. The van der Waals surface area contributed by atoms with Crippen LogP contribution in [0.25, 0.3) is 10.9 Å². The fraction of sp³-hybridized carbons (Fsp3) is 0.303. The number of anilines is 4. The third-order valence-electron chi connectivity index (χ3n) is 7.95. The number of halogens is 1. The Balaban J connectivity index is 1.24. The molecular weight excluding hydrogens is 548 g/mol. The highest BCUT2D eigenvalue weighted by Crippen LogP contribution is 2.30. The molecule has 4 aromatic rings. The average molecular weight is 583 g/mol. The number of rotatable bonds is 7. The highest BCUT2D eigenvalue weighted by Gasteiger charge is 2.24. The van der Waals surface area contributed by atoms with Gasteiger partial charge in [-0.05, 0) is 80.5 Å². The van der Waals surface area contributed by atoms with Crippen molar-refractivity contribution in [3.8, 4) is 0 Å². The maximum absolute atomic E-state index is 13.8. The van der Waals surface area contributed by atoms with E-state index in [1.807, 2.05) is 59.5 Å². The molecule has 8 nitrogen and oxygen atoms in total. The first-order chi connectivity index (χ1) is 20.5. The second-order valence-electron chi connectivity index (χ2n) is 10.9. The Bertz CT molecular complexity index is 1570. The topological polar surface area (TPSA) is 80.8 Å². The van der Waals surface area contributed by atoms with E-state index >= 15 is 0 Å². The molecule has 6 rings (SSSR count). The van der Waals surface area contributed by atoms with Crippen molar-refractivity contribution in [2.75, 3.05) is 61.3 Å². The summed E-state index contributed by atoms with van der Waals surface area (Å²) >= 11 is 6.19. The molecule has 1 aromatic heterocycles. The van der Waals surface area contributed by atoms with Crippen molar-refractivity contribution < 1.29 is 9.59 Å². The summed E-state index contributed by atoms with van der Waals surface area (Å²) in [6.07, 6.45) is 5.18. The van der Waals surface area contributed by atoms with Crippen LogP contribution in [0.1, 0.15) is 29.6 Å². The quantitative estimate of drug-likeness (QED) is 0.277. The predicted octanol–water partition coefficient (Wildman–Crippen LogP) is 6.02. The van der Waals surface area contributed by atoms with Gasteiger partial charge in [0.1, 0.15) is 0 Å². The van der Waals surface area contributed by atoms with E-state index in [0.717, 1.165) is 55.6 Å². The van der Waals surface area contributed by atoms with Crippen LogP contribution in [0.4, 0.5) is 22.7 Å². The van der Waals surface area contributed by atoms with Gasteiger partial charge in [0.05, 0.1) is 12.1 Å². The number of fused-ring (bicyclic) bond motifs is 1. The second-order valence-corrected chi connectivity index (χ2v) is 11.4. The number of aromatic nitrogens is 1. The molecule has 216 valence electrons. The zero-order valence-electron chi connectivity index (χ0n) is 23.6. The minimum absolute atomic E-state index is 0.0516. The van der Waals surface area contributed by atoms with Gasteiger partial charge in [-0.25, -0.2) is 0 Å². The molecule has 2 amide bonds. The van der Waals surface area contributed by atoms with Crippen molar-refractivity contribution in [1.82, 2.24) is 14.8 Å². The third-order valence-corrected chi connectivity index (χ3v) is 8.19. The number of carbonyl (C=O) groups is 2. The lowest BCUT2D eigenvalue weighted by atomic mass is 10.1. The number of hydrogen-bond acceptors (Lipinski definition) is 6. The van der Waals surface area contributed by atoms with Crippen LogP contribution in [0.2, 0.25) is 5.02 Å². The van der Waals surface area contributed by atoms with Crippen LogP contribution in [-0.2, 0) is 4.79 Å². The van der Waals surface area contributed by atoms with E-state index in [0.29, 0.717) is 41.6 Å². The van der Waals surface area contributed by atoms with Gasteiger partial charge >= 0.3 is 0 Å². The summed E-state index contributed by atoms with van der Waals surface area (Å²) in [5.41, 5.74) is 4.60. The van der Waals surface area contributed by atoms with Gasteiger partial charge in [0.2, 0.25) is 5.91 Å². The first-order valence-corrected chi connectivity index (χ1v) is 15.0. The van der Waals surface area contributed by atoms with Crippen LogP contribution < -0.4 is 15.5 Å². The molecule has 0 radical (unpaired) electrons. The highest BCUT2D eigenvalue weighted by molar-refractivity contribution is 6.31. The van der Waals surface area contributed by atoms with Crippen LogP contribution in [-0.4, -0.2) is 72.4 Å². The second kappa shape index (κ2) is 12.8. The van der Waals surface area contributed by atoms with Crippen molar-refractivity contribution >= 4 is 57.1 Å². The molecule has 42 heavy (non-hydrogen) atoms. The molecule has 2 aliphatic heterocycles. The fourth-order valence-corrected chi connectivity index (χ4v) is 5.96. The average Bonchev–Trinajstić information content (AvgIpc) is 3.01. The number of amides is 2. The van der Waals surface area contributed by atoms with Gasteiger partial charge in [-0.2, -0.15) is 0 Å². The summed E-state index contributed by atoms with van der Waals surface area (Å²) in [5.74, 6) is -0.128. The molecule has 3 heterocycles. The molecule has 2 saturated heterocycles. The number of nitrogens with zero attached hydrogens (tertiary/aromatic N) is 4. The van der Waals surface area contributed by atoms with Crippen LogP contribution in [0.3, 0.4) is 0 Å². The molecule has 2 N–H and O–H groups in total. The normalized spacial score (nSPS) is 15.9. The van der Waals surface area contributed by atoms with E-state index in [9.17, 15) is 9.59 Å². The Kier molecular flexibility index (Phi) is 8.53.